The molecule has 21 heavy (non-hydrogen) atoms. The molecule has 2 N–H and O–H groups in total. The van der Waals surface area contributed by atoms with E-state index in [9.17, 15) is 9.59 Å². The number of nitrogens with one attached hydrogen (secondary N) is 2. The van der Waals surface area contributed by atoms with Crippen LogP contribution in [-0.2, 0) is 6.42 Å². The van der Waals surface area contributed by atoms with Gasteiger partial charge in [-0.15, -0.1) is 0 Å². The van der Waals surface area contributed by atoms with Crippen molar-refractivity contribution in [3.8, 4) is 5.75 Å². The summed E-state index contributed by atoms with van der Waals surface area (Å²) < 4.78 is 5.71. The first-order chi connectivity index (χ1) is 10.2. The Bertz CT molecular complexity index is 882. The van der Waals surface area contributed by atoms with Gasteiger partial charge >= 0.3 is 5.69 Å². The molecule has 1 aliphatic heterocycles. The van der Waals surface area contributed by atoms with E-state index in [0.717, 1.165) is 11.3 Å². The molecule has 5 nitrogen and oxygen atoms in total. The minimum absolute atomic E-state index is 0.0739. The van der Waals surface area contributed by atoms with Crippen molar-refractivity contribution in [3.63, 3.8) is 0 Å². The lowest BCUT2D eigenvalue weighted by Crippen LogP contribution is -2.25. The van der Waals surface area contributed by atoms with Crippen LogP contribution in [0.5, 0.6) is 5.75 Å². The normalized spacial score (nSPS) is 16.7. The van der Waals surface area contributed by atoms with Gasteiger partial charge in [-0.1, -0.05) is 18.2 Å². The molecule has 0 bridgehead atoms. The van der Waals surface area contributed by atoms with E-state index in [0.29, 0.717) is 23.0 Å². The van der Waals surface area contributed by atoms with Gasteiger partial charge in [0.25, 0.3) is 0 Å². The minimum Gasteiger partial charge on any atom is -0.482 e. The Labute approximate surface area is 119 Å². The second kappa shape index (κ2) is 4.34. The molecule has 1 unspecified atom stereocenters. The number of hydrogen-bond donors (Lipinski definition) is 2. The van der Waals surface area contributed by atoms with Crippen LogP contribution in [0.1, 0.15) is 15.9 Å². The van der Waals surface area contributed by atoms with Crippen LogP contribution < -0.4 is 10.4 Å². The molecule has 0 spiro atoms. The van der Waals surface area contributed by atoms with Crippen LogP contribution >= 0.6 is 0 Å². The van der Waals surface area contributed by atoms with E-state index in [1.165, 1.54) is 0 Å². The average molecular weight is 280 g/mol. The Balaban J connectivity index is 1.66. The van der Waals surface area contributed by atoms with Gasteiger partial charge in [0.2, 0.25) is 5.78 Å². The van der Waals surface area contributed by atoms with Crippen molar-refractivity contribution in [1.29, 1.82) is 0 Å². The molecule has 104 valence electrons. The van der Waals surface area contributed by atoms with Crippen molar-refractivity contribution >= 4 is 16.8 Å². The van der Waals surface area contributed by atoms with E-state index in [2.05, 4.69) is 9.97 Å². The molecule has 0 amide bonds. The number of ketones is 1. The molecule has 0 fully saturated rings. The molecular formula is C16H12N2O3. The molecule has 0 aliphatic carbocycles. The van der Waals surface area contributed by atoms with Crippen LogP contribution in [0.15, 0.2) is 47.3 Å². The van der Waals surface area contributed by atoms with E-state index in [4.69, 9.17) is 4.74 Å². The molecule has 1 atom stereocenters. The maximum atomic E-state index is 12.5. The van der Waals surface area contributed by atoms with E-state index in [-0.39, 0.29) is 11.5 Å². The Morgan fingerprint density at radius 1 is 1.10 bits per heavy atom. The Kier molecular flexibility index (Phi) is 2.47. The largest absolute Gasteiger partial charge is 0.482 e. The Morgan fingerprint density at radius 3 is 2.76 bits per heavy atom. The number of benzene rings is 2. The van der Waals surface area contributed by atoms with E-state index in [1.54, 1.807) is 18.2 Å². The first-order valence-corrected chi connectivity index (χ1v) is 6.71. The van der Waals surface area contributed by atoms with Crippen LogP contribution in [-0.4, -0.2) is 21.9 Å². The SMILES string of the molecule is O=C(c1ccc2[nH]c(=O)[nH]c2c1)C1Cc2ccccc2O1. The molecule has 0 radical (unpaired) electrons. The number of para-hydroxylation sites is 1. The molecule has 3 aromatic rings. The molecule has 1 aliphatic rings. The first kappa shape index (κ1) is 12.0. The average Bonchev–Trinajstić information content (AvgIpc) is 3.07. The van der Waals surface area contributed by atoms with Crippen molar-refractivity contribution < 1.29 is 9.53 Å². The van der Waals surface area contributed by atoms with Gasteiger partial charge in [0.15, 0.2) is 6.10 Å². The van der Waals surface area contributed by atoms with Gasteiger partial charge in [-0.25, -0.2) is 4.79 Å². The highest BCUT2D eigenvalue weighted by Gasteiger charge is 2.29. The van der Waals surface area contributed by atoms with Crippen molar-refractivity contribution in [2.45, 2.75) is 12.5 Å². The summed E-state index contributed by atoms with van der Waals surface area (Å²) in [7, 11) is 0. The van der Waals surface area contributed by atoms with Crippen molar-refractivity contribution in [3.05, 3.63) is 64.1 Å². The molecule has 5 heteroatoms. The van der Waals surface area contributed by atoms with Crippen LogP contribution in [0, 0.1) is 0 Å². The van der Waals surface area contributed by atoms with Crippen molar-refractivity contribution in [1.82, 2.24) is 9.97 Å². The summed E-state index contributed by atoms with van der Waals surface area (Å²) in [6, 6.07) is 12.8. The number of Topliss-reactive ketones (excluding diaryl/α,β-unsaturated/α-hetero) is 1. The maximum Gasteiger partial charge on any atom is 0.323 e. The predicted octanol–water partition coefficient (Wildman–Crippen LogP) is 2.04. The Hall–Kier alpha value is -2.82. The second-order valence-corrected chi connectivity index (χ2v) is 5.12. The molecular weight excluding hydrogens is 268 g/mol. The highest BCUT2D eigenvalue weighted by molar-refractivity contribution is 6.02. The minimum atomic E-state index is -0.495. The zero-order chi connectivity index (χ0) is 14.4. The second-order valence-electron chi connectivity index (χ2n) is 5.12. The smallest absolute Gasteiger partial charge is 0.323 e. The molecule has 2 aromatic carbocycles. The van der Waals surface area contributed by atoms with Crippen LogP contribution in [0.3, 0.4) is 0 Å². The van der Waals surface area contributed by atoms with Gasteiger partial charge < -0.3 is 14.7 Å². The van der Waals surface area contributed by atoms with Crippen molar-refractivity contribution in [2.24, 2.45) is 0 Å². The van der Waals surface area contributed by atoms with E-state index >= 15 is 0 Å². The van der Waals surface area contributed by atoms with Crippen LogP contribution in [0.2, 0.25) is 0 Å². The number of rotatable bonds is 2. The van der Waals surface area contributed by atoms with Crippen LogP contribution in [0.25, 0.3) is 11.0 Å². The third kappa shape index (κ3) is 1.94. The molecule has 4 rings (SSSR count). The maximum absolute atomic E-state index is 12.5. The number of hydrogen-bond acceptors (Lipinski definition) is 3. The quantitative estimate of drug-likeness (QED) is 0.705. The van der Waals surface area contributed by atoms with E-state index in [1.807, 2.05) is 24.3 Å². The van der Waals surface area contributed by atoms with Crippen molar-refractivity contribution in [2.75, 3.05) is 0 Å². The fourth-order valence-electron chi connectivity index (χ4n) is 2.70. The zero-order valence-electron chi connectivity index (χ0n) is 11.1. The fourth-order valence-corrected chi connectivity index (χ4v) is 2.70. The molecule has 1 aromatic heterocycles. The number of fused-ring (bicyclic) bond motifs is 2. The van der Waals surface area contributed by atoms with Gasteiger partial charge in [0, 0.05) is 12.0 Å². The zero-order valence-corrected chi connectivity index (χ0v) is 11.1. The summed E-state index contributed by atoms with van der Waals surface area (Å²) in [5.41, 5.74) is 2.62. The number of imidazole rings is 1. The number of H-pyrrole nitrogens is 2. The highest BCUT2D eigenvalue weighted by atomic mass is 16.5. The summed E-state index contributed by atoms with van der Waals surface area (Å²) in [5, 5.41) is 0. The van der Waals surface area contributed by atoms with Gasteiger partial charge in [0.1, 0.15) is 5.75 Å². The summed E-state index contributed by atoms with van der Waals surface area (Å²) in [6.07, 6.45) is 0.0852. The molecule has 0 saturated carbocycles. The predicted molar refractivity (Wildman–Crippen MR) is 77.8 cm³/mol. The highest BCUT2D eigenvalue weighted by Crippen LogP contribution is 2.29. The lowest BCUT2D eigenvalue weighted by molar-refractivity contribution is 0.0825. The summed E-state index contributed by atoms with van der Waals surface area (Å²) in [4.78, 5) is 29.1. The standard InChI is InChI=1S/C16H12N2O3/c19-15(14-8-9-3-1-2-4-13(9)21-14)10-5-6-11-12(7-10)18-16(20)17-11/h1-7,14H,8H2,(H2,17,18,20). The first-order valence-electron chi connectivity index (χ1n) is 6.71. The Morgan fingerprint density at radius 2 is 1.90 bits per heavy atom. The van der Waals surface area contributed by atoms with Gasteiger partial charge in [0.05, 0.1) is 11.0 Å². The number of carbonyl (C=O) groups is 1. The molecule has 0 saturated heterocycles. The number of aromatic nitrogens is 2. The van der Waals surface area contributed by atoms with E-state index < -0.39 is 6.10 Å². The third-order valence-corrected chi connectivity index (χ3v) is 3.74. The summed E-state index contributed by atoms with van der Waals surface area (Å²) >= 11 is 0. The van der Waals surface area contributed by atoms with Gasteiger partial charge in [-0.05, 0) is 29.8 Å². The topological polar surface area (TPSA) is 75.0 Å². The monoisotopic (exact) mass is 280 g/mol. The molecule has 2 heterocycles. The third-order valence-electron chi connectivity index (χ3n) is 3.74. The lowest BCUT2D eigenvalue weighted by atomic mass is 10.0. The number of carbonyl (C=O) groups excluding carboxylic acids is 1. The summed E-state index contributed by atoms with van der Waals surface area (Å²) in [5.74, 6) is 0.696. The lowest BCUT2D eigenvalue weighted by Gasteiger charge is -2.09. The fraction of sp³-hybridized carbons (Fsp3) is 0.125. The number of ether oxygens (including phenoxy) is 1. The summed E-state index contributed by atoms with van der Waals surface area (Å²) in [6.45, 7) is 0. The van der Waals surface area contributed by atoms with Gasteiger partial charge in [-0.2, -0.15) is 0 Å². The number of aromatic amines is 2. The van der Waals surface area contributed by atoms with Crippen LogP contribution in [0.4, 0.5) is 0 Å². The van der Waals surface area contributed by atoms with Gasteiger partial charge in [-0.3, -0.25) is 4.79 Å².